The summed E-state index contributed by atoms with van der Waals surface area (Å²) in [6.07, 6.45) is 4.52. The highest BCUT2D eigenvalue weighted by atomic mass is 32.2. The number of benzene rings is 2. The molecule has 1 saturated heterocycles. The fraction of sp³-hybridized carbons (Fsp3) is 0.308. The van der Waals surface area contributed by atoms with E-state index in [1.165, 1.54) is 4.31 Å². The molecular formula is C26H31N7O3S. The summed E-state index contributed by atoms with van der Waals surface area (Å²) in [6.45, 7) is 4.49. The first-order chi connectivity index (χ1) is 18.0. The van der Waals surface area contributed by atoms with E-state index >= 15 is 0 Å². The van der Waals surface area contributed by atoms with E-state index in [2.05, 4.69) is 20.6 Å². The summed E-state index contributed by atoms with van der Waals surface area (Å²) in [5.41, 5.74) is 9.18. The van der Waals surface area contributed by atoms with E-state index in [-0.39, 0.29) is 10.5 Å². The Kier molecular flexibility index (Phi) is 7.49. The number of fused-ring (bicyclic) bond motifs is 1. The van der Waals surface area contributed by atoms with Gasteiger partial charge in [-0.1, -0.05) is 36.4 Å². The topological polar surface area (TPSA) is 138 Å². The molecule has 2 aromatic heterocycles. The molecule has 1 aliphatic rings. The Morgan fingerprint density at radius 1 is 0.973 bits per heavy atom. The van der Waals surface area contributed by atoms with Crippen LogP contribution in [0.1, 0.15) is 12.0 Å². The van der Waals surface area contributed by atoms with Gasteiger partial charge in [-0.15, -0.1) is 0 Å². The van der Waals surface area contributed by atoms with Crippen molar-refractivity contribution >= 4 is 15.8 Å². The average molecular weight is 522 g/mol. The van der Waals surface area contributed by atoms with E-state index in [4.69, 9.17) is 5.73 Å². The second-order valence-electron chi connectivity index (χ2n) is 9.05. The van der Waals surface area contributed by atoms with E-state index < -0.39 is 10.0 Å². The molecule has 0 bridgehead atoms. The Morgan fingerprint density at radius 2 is 1.68 bits per heavy atom. The highest BCUT2D eigenvalue weighted by Gasteiger charge is 2.25. The number of piperazine rings is 1. The molecule has 0 unspecified atom stereocenters. The average Bonchev–Trinajstić information content (AvgIpc) is 3.34. The second-order valence-corrected chi connectivity index (χ2v) is 11.0. The zero-order valence-corrected chi connectivity index (χ0v) is 21.3. The molecule has 2 aromatic carbocycles. The largest absolute Gasteiger partial charge is 0.330 e. The summed E-state index contributed by atoms with van der Waals surface area (Å²) in [5, 5.41) is 6.51. The first kappa shape index (κ1) is 25.3. The maximum atomic E-state index is 12.9. The number of nitrogens with two attached hydrogens (primary N) is 1. The van der Waals surface area contributed by atoms with E-state index in [1.54, 1.807) is 34.9 Å². The van der Waals surface area contributed by atoms with Gasteiger partial charge in [0.15, 0.2) is 0 Å². The van der Waals surface area contributed by atoms with Gasteiger partial charge in [0.05, 0.1) is 16.2 Å². The van der Waals surface area contributed by atoms with Gasteiger partial charge in [0.2, 0.25) is 15.8 Å². The van der Waals surface area contributed by atoms with Crippen LogP contribution in [0.4, 0.5) is 0 Å². The van der Waals surface area contributed by atoms with Crippen molar-refractivity contribution in [3.8, 4) is 22.4 Å². The molecule has 0 amide bonds. The van der Waals surface area contributed by atoms with Crippen molar-refractivity contribution in [2.75, 3.05) is 39.3 Å². The van der Waals surface area contributed by atoms with Crippen LogP contribution in [0.25, 0.3) is 28.2 Å². The maximum absolute atomic E-state index is 12.9. The number of H-pyrrole nitrogens is 1. The zero-order chi connectivity index (χ0) is 25.8. The quantitative estimate of drug-likeness (QED) is 0.244. The van der Waals surface area contributed by atoms with Crippen LogP contribution in [0.3, 0.4) is 0 Å². The summed E-state index contributed by atoms with van der Waals surface area (Å²) in [5.74, 6) is 0.419. The van der Waals surface area contributed by atoms with Gasteiger partial charge in [-0.3, -0.25) is 14.2 Å². The second kappa shape index (κ2) is 11.0. The third-order valence-electron chi connectivity index (χ3n) is 6.49. The summed E-state index contributed by atoms with van der Waals surface area (Å²) in [6, 6.07) is 14.6. The molecule has 0 atom stereocenters. The predicted octanol–water partition coefficient (Wildman–Crippen LogP) is 1.39. The fourth-order valence-electron chi connectivity index (χ4n) is 4.39. The van der Waals surface area contributed by atoms with Crippen LogP contribution in [0, 0.1) is 0 Å². The van der Waals surface area contributed by atoms with Crippen molar-refractivity contribution < 1.29 is 8.42 Å². The van der Waals surface area contributed by atoms with Crippen LogP contribution < -0.4 is 21.9 Å². The van der Waals surface area contributed by atoms with Gasteiger partial charge in [-0.25, -0.2) is 13.4 Å². The van der Waals surface area contributed by atoms with Crippen molar-refractivity contribution in [3.63, 3.8) is 0 Å². The van der Waals surface area contributed by atoms with Crippen LogP contribution in [-0.2, 0) is 16.6 Å². The smallest absolute Gasteiger partial charge is 0.260 e. The zero-order valence-electron chi connectivity index (χ0n) is 20.5. The lowest BCUT2D eigenvalue weighted by Gasteiger charge is -2.26. The minimum atomic E-state index is -3.53. The van der Waals surface area contributed by atoms with E-state index in [0.717, 1.165) is 36.2 Å². The first-order valence-corrected chi connectivity index (χ1v) is 13.8. The number of hydrogen-bond acceptors (Lipinski definition) is 7. The molecule has 1 aliphatic heterocycles. The Bertz CT molecular complexity index is 1520. The lowest BCUT2D eigenvalue weighted by molar-refractivity contribution is 0.360. The van der Waals surface area contributed by atoms with Crippen molar-refractivity contribution in [2.24, 2.45) is 5.73 Å². The molecule has 3 heterocycles. The molecule has 37 heavy (non-hydrogen) atoms. The highest BCUT2D eigenvalue weighted by Crippen LogP contribution is 2.24. The SMILES string of the molecule is NCCCNCc1ccc(-c2cn3cc(-c4ccc(S(=O)(=O)N5CCNCC5)cc4)nc3[nH]c2=O)cc1. The number of nitrogens with one attached hydrogen (secondary N) is 3. The Hall–Kier alpha value is -3.35. The van der Waals surface area contributed by atoms with Crippen LogP contribution >= 0.6 is 0 Å². The summed E-state index contributed by atoms with van der Waals surface area (Å²) < 4.78 is 29.1. The van der Waals surface area contributed by atoms with E-state index in [1.807, 2.05) is 30.5 Å². The number of aromatic amines is 1. The molecule has 4 aromatic rings. The van der Waals surface area contributed by atoms with Gasteiger partial charge in [0.25, 0.3) is 5.56 Å². The molecule has 0 aliphatic carbocycles. The number of sulfonamides is 1. The minimum Gasteiger partial charge on any atom is -0.330 e. The van der Waals surface area contributed by atoms with Crippen LogP contribution in [0.15, 0.2) is 70.6 Å². The first-order valence-electron chi connectivity index (χ1n) is 12.4. The Balaban J connectivity index is 1.36. The normalized spacial score (nSPS) is 14.8. The predicted molar refractivity (Wildman–Crippen MR) is 144 cm³/mol. The molecule has 0 saturated carbocycles. The van der Waals surface area contributed by atoms with Gasteiger partial charge in [0.1, 0.15) is 0 Å². The van der Waals surface area contributed by atoms with Crippen molar-refractivity contribution in [1.29, 1.82) is 0 Å². The molecule has 10 nitrogen and oxygen atoms in total. The molecule has 1 fully saturated rings. The Morgan fingerprint density at radius 3 is 2.38 bits per heavy atom. The third-order valence-corrected chi connectivity index (χ3v) is 8.40. The van der Waals surface area contributed by atoms with Crippen molar-refractivity contribution in [2.45, 2.75) is 17.9 Å². The van der Waals surface area contributed by atoms with Crippen LogP contribution in [-0.4, -0.2) is 66.4 Å². The summed E-state index contributed by atoms with van der Waals surface area (Å²) >= 11 is 0. The molecule has 194 valence electrons. The standard InChI is InChI=1S/C26H31N7O3S/c27-10-1-11-29-16-19-2-4-20(5-3-19)23-17-32-18-24(30-26(32)31-25(23)34)21-6-8-22(9-7-21)37(35,36)33-14-12-28-13-15-33/h2-9,17-18,28-29H,1,10-16,27H2,(H,30,31,34). The van der Waals surface area contributed by atoms with E-state index in [9.17, 15) is 13.2 Å². The van der Waals surface area contributed by atoms with Crippen LogP contribution in [0.5, 0.6) is 0 Å². The molecule has 5 N–H and O–H groups in total. The number of rotatable bonds is 9. The number of nitrogens with zero attached hydrogens (tertiary/aromatic N) is 3. The number of imidazole rings is 1. The molecule has 11 heteroatoms. The minimum absolute atomic E-state index is 0.226. The molecule has 0 spiro atoms. The maximum Gasteiger partial charge on any atom is 0.260 e. The van der Waals surface area contributed by atoms with Gasteiger partial charge in [-0.2, -0.15) is 4.31 Å². The van der Waals surface area contributed by atoms with Gasteiger partial charge in [0, 0.05) is 50.7 Å². The van der Waals surface area contributed by atoms with Gasteiger partial charge >= 0.3 is 0 Å². The van der Waals surface area contributed by atoms with Crippen molar-refractivity contribution in [1.82, 2.24) is 29.3 Å². The third kappa shape index (κ3) is 5.50. The van der Waals surface area contributed by atoms with E-state index in [0.29, 0.717) is 49.8 Å². The van der Waals surface area contributed by atoms with Gasteiger partial charge < -0.3 is 16.4 Å². The summed E-state index contributed by atoms with van der Waals surface area (Å²) in [7, 11) is -3.53. The monoisotopic (exact) mass is 521 g/mol. The van der Waals surface area contributed by atoms with Gasteiger partial charge in [-0.05, 0) is 42.8 Å². The molecular weight excluding hydrogens is 490 g/mol. The van der Waals surface area contributed by atoms with Crippen molar-refractivity contribution in [3.05, 3.63) is 76.8 Å². The fourth-order valence-corrected chi connectivity index (χ4v) is 5.83. The molecule has 0 radical (unpaired) electrons. The lowest BCUT2D eigenvalue weighted by Crippen LogP contribution is -2.46. The highest BCUT2D eigenvalue weighted by molar-refractivity contribution is 7.89. The number of aromatic nitrogens is 3. The summed E-state index contributed by atoms with van der Waals surface area (Å²) in [4.78, 5) is 20.5. The Labute approximate surface area is 215 Å². The van der Waals surface area contributed by atoms with Crippen LogP contribution in [0.2, 0.25) is 0 Å². The lowest BCUT2D eigenvalue weighted by atomic mass is 10.1. The number of hydrogen-bond donors (Lipinski definition) is 4. The molecule has 5 rings (SSSR count).